The Bertz CT molecular complexity index is 1320. The molecule has 3 aromatic carbocycles. The van der Waals surface area contributed by atoms with Gasteiger partial charge in [-0.1, -0.05) is 36.4 Å². The number of nitrogens with zero attached hydrogens (tertiary/aromatic N) is 1. The van der Waals surface area contributed by atoms with Crippen LogP contribution in [0.1, 0.15) is 36.8 Å². The van der Waals surface area contributed by atoms with Crippen LogP contribution in [0.2, 0.25) is 0 Å². The third-order valence-electron chi connectivity index (χ3n) is 5.85. The lowest BCUT2D eigenvalue weighted by molar-refractivity contribution is -0.129. The van der Waals surface area contributed by atoms with Crippen LogP contribution < -0.4 is 10.2 Å². The SMILES string of the molecule is N#Cc1ccc(-c2cccc(CCCOc3ccc(S(=O)(=O)CCCOCCCC(=O)NO)cc3)c2)cc1. The van der Waals surface area contributed by atoms with Gasteiger partial charge in [-0.3, -0.25) is 10.0 Å². The van der Waals surface area contributed by atoms with Gasteiger partial charge in [0.25, 0.3) is 0 Å². The fourth-order valence-corrected chi connectivity index (χ4v) is 5.10. The highest BCUT2D eigenvalue weighted by atomic mass is 32.2. The summed E-state index contributed by atoms with van der Waals surface area (Å²) in [4.78, 5) is 11.1. The summed E-state index contributed by atoms with van der Waals surface area (Å²) in [6.07, 6.45) is 2.59. The second kappa shape index (κ2) is 14.9. The number of ether oxygens (including phenoxy) is 2. The molecule has 9 heteroatoms. The van der Waals surface area contributed by atoms with Gasteiger partial charge in [-0.05, 0) is 78.8 Å². The minimum atomic E-state index is -3.43. The number of sulfone groups is 1. The predicted molar refractivity (Wildman–Crippen MR) is 144 cm³/mol. The van der Waals surface area contributed by atoms with E-state index >= 15 is 0 Å². The molecule has 0 radical (unpaired) electrons. The number of carbonyl (C=O) groups is 1. The highest BCUT2D eigenvalue weighted by molar-refractivity contribution is 7.91. The molecule has 3 rings (SSSR count). The normalized spacial score (nSPS) is 11.1. The summed E-state index contributed by atoms with van der Waals surface area (Å²) in [5, 5.41) is 17.4. The van der Waals surface area contributed by atoms with Gasteiger partial charge in [0, 0.05) is 19.6 Å². The van der Waals surface area contributed by atoms with Crippen molar-refractivity contribution >= 4 is 15.7 Å². The Kier molecular flexibility index (Phi) is 11.3. The van der Waals surface area contributed by atoms with E-state index in [2.05, 4.69) is 18.2 Å². The quantitative estimate of drug-likeness (QED) is 0.164. The van der Waals surface area contributed by atoms with Gasteiger partial charge in [0.05, 0.1) is 28.9 Å². The first-order valence-corrected chi connectivity index (χ1v) is 14.1. The standard InChI is InChI=1S/C29H32N2O6S/c30-22-24-9-11-25(12-10-24)26-7-1-5-23(21-26)6-2-19-37-27-13-15-28(16-14-27)38(34,35)20-4-18-36-17-3-8-29(32)31-33/h1,5,7,9-16,21,33H,2-4,6,8,17-20H2,(H,31,32). The number of nitrogens with one attached hydrogen (secondary N) is 1. The molecule has 3 aromatic rings. The fourth-order valence-electron chi connectivity index (χ4n) is 3.81. The van der Waals surface area contributed by atoms with E-state index in [0.717, 1.165) is 24.0 Å². The molecule has 0 aliphatic heterocycles. The highest BCUT2D eigenvalue weighted by Gasteiger charge is 2.14. The number of carbonyl (C=O) groups excluding carboxylic acids is 1. The van der Waals surface area contributed by atoms with Crippen LogP contribution in [0, 0.1) is 11.3 Å². The highest BCUT2D eigenvalue weighted by Crippen LogP contribution is 2.22. The van der Waals surface area contributed by atoms with E-state index in [-0.39, 0.29) is 23.7 Å². The lowest BCUT2D eigenvalue weighted by Crippen LogP contribution is -2.18. The lowest BCUT2D eigenvalue weighted by atomic mass is 10.0. The lowest BCUT2D eigenvalue weighted by Gasteiger charge is -2.09. The summed E-state index contributed by atoms with van der Waals surface area (Å²) >= 11 is 0. The van der Waals surface area contributed by atoms with E-state index in [9.17, 15) is 13.2 Å². The summed E-state index contributed by atoms with van der Waals surface area (Å²) < 4.78 is 36.3. The van der Waals surface area contributed by atoms with Crippen LogP contribution in [0.15, 0.2) is 77.7 Å². The Balaban J connectivity index is 1.38. The van der Waals surface area contributed by atoms with Crippen molar-refractivity contribution in [3.63, 3.8) is 0 Å². The van der Waals surface area contributed by atoms with Crippen LogP contribution in [0.4, 0.5) is 0 Å². The molecule has 0 fully saturated rings. The van der Waals surface area contributed by atoms with E-state index in [1.54, 1.807) is 29.7 Å². The van der Waals surface area contributed by atoms with Gasteiger partial charge < -0.3 is 9.47 Å². The zero-order valence-electron chi connectivity index (χ0n) is 21.1. The molecule has 38 heavy (non-hydrogen) atoms. The van der Waals surface area contributed by atoms with Crippen molar-refractivity contribution in [1.29, 1.82) is 5.26 Å². The molecule has 8 nitrogen and oxygen atoms in total. The first-order valence-electron chi connectivity index (χ1n) is 12.5. The molecule has 0 unspecified atom stereocenters. The van der Waals surface area contributed by atoms with E-state index in [4.69, 9.17) is 19.9 Å². The summed E-state index contributed by atoms with van der Waals surface area (Å²) in [6, 6.07) is 24.4. The van der Waals surface area contributed by atoms with Crippen LogP contribution >= 0.6 is 0 Å². The van der Waals surface area contributed by atoms with E-state index < -0.39 is 15.7 Å². The maximum absolute atomic E-state index is 12.5. The number of hydrogen-bond donors (Lipinski definition) is 2. The average molecular weight is 537 g/mol. The molecular formula is C29H32N2O6S. The third-order valence-corrected chi connectivity index (χ3v) is 7.67. The van der Waals surface area contributed by atoms with Gasteiger partial charge in [-0.2, -0.15) is 5.26 Å². The largest absolute Gasteiger partial charge is 0.494 e. The second-order valence-electron chi connectivity index (χ2n) is 8.74. The van der Waals surface area contributed by atoms with Crippen LogP contribution in [-0.2, 0) is 25.8 Å². The van der Waals surface area contributed by atoms with Gasteiger partial charge in [-0.15, -0.1) is 0 Å². The summed E-state index contributed by atoms with van der Waals surface area (Å²) in [6.45, 7) is 1.10. The van der Waals surface area contributed by atoms with Crippen molar-refractivity contribution in [3.05, 3.63) is 83.9 Å². The third kappa shape index (κ3) is 9.30. The molecule has 0 saturated heterocycles. The first-order chi connectivity index (χ1) is 18.4. The van der Waals surface area contributed by atoms with Crippen LogP contribution in [-0.4, -0.2) is 45.1 Å². The molecule has 0 bridgehead atoms. The molecular weight excluding hydrogens is 504 g/mol. The fraction of sp³-hybridized carbons (Fsp3) is 0.310. The molecule has 0 aromatic heterocycles. The Morgan fingerprint density at radius 1 is 0.895 bits per heavy atom. The Morgan fingerprint density at radius 2 is 1.63 bits per heavy atom. The van der Waals surface area contributed by atoms with E-state index in [1.807, 2.05) is 36.4 Å². The van der Waals surface area contributed by atoms with Gasteiger partial charge >= 0.3 is 0 Å². The van der Waals surface area contributed by atoms with Crippen molar-refractivity contribution in [1.82, 2.24) is 5.48 Å². The van der Waals surface area contributed by atoms with Crippen molar-refractivity contribution in [2.45, 2.75) is 37.0 Å². The molecule has 2 N–H and O–H groups in total. The smallest absolute Gasteiger partial charge is 0.243 e. The van der Waals surface area contributed by atoms with Gasteiger partial charge in [0.1, 0.15) is 5.75 Å². The number of rotatable bonds is 15. The zero-order valence-corrected chi connectivity index (χ0v) is 22.0. The van der Waals surface area contributed by atoms with Crippen molar-refractivity contribution < 1.29 is 27.9 Å². The number of hydrogen-bond acceptors (Lipinski definition) is 7. The van der Waals surface area contributed by atoms with Crippen LogP contribution in [0.5, 0.6) is 5.75 Å². The minimum absolute atomic E-state index is 0.0359. The number of hydroxylamine groups is 1. The number of benzene rings is 3. The number of nitriles is 1. The van der Waals surface area contributed by atoms with Gasteiger partial charge in [-0.25, -0.2) is 13.9 Å². The second-order valence-corrected chi connectivity index (χ2v) is 10.8. The van der Waals surface area contributed by atoms with Crippen LogP contribution in [0.3, 0.4) is 0 Å². The minimum Gasteiger partial charge on any atom is -0.494 e. The summed E-state index contributed by atoms with van der Waals surface area (Å²) in [5.41, 5.74) is 5.54. The molecule has 200 valence electrons. The van der Waals surface area contributed by atoms with Gasteiger partial charge in [0.2, 0.25) is 5.91 Å². The average Bonchev–Trinajstić information content (AvgIpc) is 2.95. The van der Waals surface area contributed by atoms with Crippen molar-refractivity contribution in [2.24, 2.45) is 0 Å². The Labute approximate surface area is 223 Å². The maximum atomic E-state index is 12.5. The molecule has 0 aliphatic rings. The number of aryl methyl sites for hydroxylation is 1. The van der Waals surface area contributed by atoms with E-state index in [1.165, 1.54) is 5.56 Å². The predicted octanol–water partition coefficient (Wildman–Crippen LogP) is 4.70. The summed E-state index contributed by atoms with van der Waals surface area (Å²) in [5.74, 6) is 0.103. The van der Waals surface area contributed by atoms with E-state index in [0.29, 0.717) is 37.4 Å². The van der Waals surface area contributed by atoms with Crippen LogP contribution in [0.25, 0.3) is 11.1 Å². The molecule has 1 amide bonds. The zero-order chi connectivity index (χ0) is 27.2. The Morgan fingerprint density at radius 3 is 2.34 bits per heavy atom. The van der Waals surface area contributed by atoms with Crippen molar-refractivity contribution in [3.8, 4) is 22.9 Å². The number of amides is 1. The first kappa shape index (κ1) is 28.9. The summed E-state index contributed by atoms with van der Waals surface area (Å²) in [7, 11) is -3.43. The molecule has 0 saturated carbocycles. The monoisotopic (exact) mass is 536 g/mol. The topological polar surface area (TPSA) is 126 Å². The maximum Gasteiger partial charge on any atom is 0.243 e. The molecule has 0 heterocycles. The van der Waals surface area contributed by atoms with Crippen molar-refractivity contribution in [2.75, 3.05) is 25.6 Å². The van der Waals surface area contributed by atoms with Gasteiger partial charge in [0.15, 0.2) is 9.84 Å². The Hall–Kier alpha value is -3.71. The molecule has 0 aliphatic carbocycles. The molecule has 0 atom stereocenters. The molecule has 0 spiro atoms.